The van der Waals surface area contributed by atoms with E-state index in [1.807, 2.05) is 24.3 Å². The first kappa shape index (κ1) is 23.5. The summed E-state index contributed by atoms with van der Waals surface area (Å²) in [6, 6.07) is 51.0. The molecular weight excluding hydrogens is 532 g/mol. The monoisotopic (exact) mass is 556 g/mol. The number of anilines is 6. The van der Waals surface area contributed by atoms with E-state index in [9.17, 15) is 4.21 Å². The van der Waals surface area contributed by atoms with Crippen LogP contribution >= 0.6 is 0 Å². The van der Waals surface area contributed by atoms with Crippen LogP contribution in [0.4, 0.5) is 34.1 Å². The Morgan fingerprint density at radius 3 is 1.98 bits per heavy atom. The van der Waals surface area contributed by atoms with Crippen LogP contribution in [-0.2, 0) is 10.8 Å². The summed E-state index contributed by atoms with van der Waals surface area (Å²) >= 11 is 0. The van der Waals surface area contributed by atoms with Gasteiger partial charge in [-0.2, -0.15) is 0 Å². The van der Waals surface area contributed by atoms with Gasteiger partial charge in [0.05, 0.1) is 49.0 Å². The third-order valence-electron chi connectivity index (χ3n) is 8.50. The first-order valence-corrected chi connectivity index (χ1v) is 15.3. The highest BCUT2D eigenvalue weighted by Crippen LogP contribution is 2.56. The van der Waals surface area contributed by atoms with Gasteiger partial charge >= 0.3 is 0 Å². The predicted octanol–water partition coefficient (Wildman–Crippen LogP) is 10.4. The molecule has 2 aliphatic rings. The van der Waals surface area contributed by atoms with Crippen molar-refractivity contribution in [2.45, 2.75) is 9.79 Å². The lowest BCUT2D eigenvalue weighted by atomic mass is 9.90. The number of hydrogen-bond donors (Lipinski definition) is 0. The summed E-state index contributed by atoms with van der Waals surface area (Å²) in [7, 11) is -1.33. The van der Waals surface area contributed by atoms with E-state index in [4.69, 9.17) is 0 Å². The van der Waals surface area contributed by atoms with Crippen LogP contribution in [0.1, 0.15) is 0 Å². The number of hydrogen-bond acceptors (Lipinski definition) is 3. The molecule has 9 rings (SSSR count). The van der Waals surface area contributed by atoms with Gasteiger partial charge in [-0.3, -0.25) is 0 Å². The predicted molar refractivity (Wildman–Crippen MR) is 174 cm³/mol. The summed E-state index contributed by atoms with van der Waals surface area (Å²) in [5.74, 6) is 0. The minimum atomic E-state index is -1.33. The molecule has 7 aromatic carbocycles. The van der Waals surface area contributed by atoms with Crippen LogP contribution in [0.2, 0.25) is 0 Å². The van der Waals surface area contributed by atoms with Crippen LogP contribution in [0.5, 0.6) is 0 Å². The van der Waals surface area contributed by atoms with Crippen LogP contribution in [0.15, 0.2) is 155 Å². The Bertz CT molecular complexity index is 2230. The van der Waals surface area contributed by atoms with Crippen molar-refractivity contribution in [2.75, 3.05) is 9.80 Å². The highest BCUT2D eigenvalue weighted by atomic mass is 32.2. The Balaban J connectivity index is 1.41. The zero-order valence-corrected chi connectivity index (χ0v) is 23.4. The maximum absolute atomic E-state index is 14.3. The van der Waals surface area contributed by atoms with E-state index >= 15 is 0 Å². The van der Waals surface area contributed by atoms with Gasteiger partial charge in [0.1, 0.15) is 0 Å². The third-order valence-corrected chi connectivity index (χ3v) is 9.97. The summed E-state index contributed by atoms with van der Waals surface area (Å²) in [6.07, 6.45) is 0. The molecule has 3 nitrogen and oxygen atoms in total. The summed E-state index contributed by atoms with van der Waals surface area (Å²) in [4.78, 5) is 6.31. The molecule has 0 aliphatic carbocycles. The van der Waals surface area contributed by atoms with Gasteiger partial charge in [0.2, 0.25) is 0 Å². The van der Waals surface area contributed by atoms with E-state index in [2.05, 4.69) is 131 Å². The summed E-state index contributed by atoms with van der Waals surface area (Å²) in [5, 5.41) is 4.79. The molecule has 0 aromatic heterocycles. The maximum atomic E-state index is 14.3. The van der Waals surface area contributed by atoms with Crippen molar-refractivity contribution in [2.24, 2.45) is 0 Å². The van der Waals surface area contributed by atoms with Crippen molar-refractivity contribution in [3.05, 3.63) is 146 Å². The van der Waals surface area contributed by atoms with Gasteiger partial charge < -0.3 is 9.80 Å². The molecule has 0 saturated heterocycles. The number of benzene rings is 7. The first-order valence-electron chi connectivity index (χ1n) is 14.1. The fourth-order valence-electron chi connectivity index (χ4n) is 6.71. The lowest BCUT2D eigenvalue weighted by Gasteiger charge is -2.38. The number of fused-ring (bicyclic) bond motifs is 5. The van der Waals surface area contributed by atoms with Gasteiger partial charge in [-0.25, -0.2) is 4.21 Å². The zero-order valence-electron chi connectivity index (χ0n) is 22.6. The quantitative estimate of drug-likeness (QED) is 0.212. The van der Waals surface area contributed by atoms with E-state index in [0.717, 1.165) is 49.5 Å². The van der Waals surface area contributed by atoms with Crippen molar-refractivity contribution in [1.82, 2.24) is 0 Å². The molecule has 0 radical (unpaired) electrons. The Kier molecular flexibility index (Phi) is 4.98. The molecule has 7 aromatic rings. The van der Waals surface area contributed by atoms with Crippen molar-refractivity contribution < 1.29 is 4.21 Å². The fourth-order valence-corrected chi connectivity index (χ4v) is 8.06. The molecule has 1 unspecified atom stereocenters. The van der Waals surface area contributed by atoms with E-state index in [0.29, 0.717) is 0 Å². The molecule has 1 atom stereocenters. The van der Waals surface area contributed by atoms with Gasteiger partial charge in [0.15, 0.2) is 0 Å². The average molecular weight is 557 g/mol. The Labute approximate surface area is 246 Å². The number of rotatable bonds is 2. The minimum Gasteiger partial charge on any atom is -0.309 e. The van der Waals surface area contributed by atoms with Crippen LogP contribution in [0.25, 0.3) is 32.7 Å². The molecule has 2 aliphatic heterocycles. The largest absolute Gasteiger partial charge is 0.309 e. The SMILES string of the molecule is O=S1c2ccccc2N(c2ccccc2)c2cc3c(cc21)-c1cccc2cccc(c12)N3c1cccc2ccccc12. The second kappa shape index (κ2) is 8.90. The van der Waals surface area contributed by atoms with Gasteiger partial charge in [0.25, 0.3) is 0 Å². The van der Waals surface area contributed by atoms with Crippen molar-refractivity contribution in [3.8, 4) is 11.1 Å². The highest BCUT2D eigenvalue weighted by molar-refractivity contribution is 7.85. The molecule has 42 heavy (non-hydrogen) atoms. The molecular formula is C38H24N2OS. The average Bonchev–Trinajstić information content (AvgIpc) is 3.05. The summed E-state index contributed by atoms with van der Waals surface area (Å²) in [5.41, 5.74) is 8.53. The van der Waals surface area contributed by atoms with E-state index < -0.39 is 10.8 Å². The molecule has 2 heterocycles. The summed E-state index contributed by atoms with van der Waals surface area (Å²) < 4.78 is 14.3. The zero-order chi connectivity index (χ0) is 27.8. The van der Waals surface area contributed by atoms with Crippen molar-refractivity contribution >= 4 is 66.5 Å². The Hall–Kier alpha value is -5.19. The van der Waals surface area contributed by atoms with Crippen LogP contribution in [0, 0.1) is 0 Å². The second-order valence-corrected chi connectivity index (χ2v) is 12.2. The Morgan fingerprint density at radius 2 is 1.10 bits per heavy atom. The smallest absolute Gasteiger partial charge is 0.0892 e. The van der Waals surface area contributed by atoms with E-state index in [-0.39, 0.29) is 0 Å². The van der Waals surface area contributed by atoms with Crippen molar-refractivity contribution in [3.63, 3.8) is 0 Å². The minimum absolute atomic E-state index is 0.825. The molecule has 0 N–H and O–H groups in total. The van der Waals surface area contributed by atoms with Crippen LogP contribution in [-0.4, -0.2) is 4.21 Å². The van der Waals surface area contributed by atoms with Gasteiger partial charge in [-0.15, -0.1) is 0 Å². The molecule has 0 saturated carbocycles. The standard InChI is InChI=1S/C38H24N2OS/c41-42-36-22-7-6-19-32(36)39(27-15-2-1-3-16-27)35-24-34-30(23-37(35)42)29-18-8-13-26-14-10-21-33(38(26)29)40(34)31-20-9-12-25-11-4-5-17-28(25)31/h1-24H. The maximum Gasteiger partial charge on any atom is 0.0892 e. The lowest BCUT2D eigenvalue weighted by Crippen LogP contribution is -2.22. The van der Waals surface area contributed by atoms with Crippen molar-refractivity contribution in [1.29, 1.82) is 0 Å². The topological polar surface area (TPSA) is 23.6 Å². The van der Waals surface area contributed by atoms with E-state index in [1.165, 1.54) is 27.1 Å². The first-order chi connectivity index (χ1) is 20.8. The van der Waals surface area contributed by atoms with Crippen LogP contribution < -0.4 is 9.80 Å². The second-order valence-electron chi connectivity index (χ2n) is 10.8. The normalized spacial score (nSPS) is 14.9. The Morgan fingerprint density at radius 1 is 0.429 bits per heavy atom. The summed E-state index contributed by atoms with van der Waals surface area (Å²) in [6.45, 7) is 0. The third kappa shape index (κ3) is 3.24. The van der Waals surface area contributed by atoms with E-state index in [1.54, 1.807) is 0 Å². The number of nitrogens with zero attached hydrogens (tertiary/aromatic N) is 2. The van der Waals surface area contributed by atoms with Crippen LogP contribution in [0.3, 0.4) is 0 Å². The van der Waals surface area contributed by atoms with Gasteiger partial charge in [-0.1, -0.05) is 97.1 Å². The van der Waals surface area contributed by atoms with Gasteiger partial charge in [-0.05, 0) is 64.9 Å². The fraction of sp³-hybridized carbons (Fsp3) is 0. The number of para-hydroxylation sites is 2. The molecule has 0 amide bonds. The molecule has 4 heteroatoms. The molecule has 0 fully saturated rings. The highest BCUT2D eigenvalue weighted by Gasteiger charge is 2.34. The van der Waals surface area contributed by atoms with Gasteiger partial charge in [0, 0.05) is 22.0 Å². The molecule has 0 spiro atoms. The molecule has 0 bridgehead atoms. The lowest BCUT2D eigenvalue weighted by molar-refractivity contribution is 0.682. The molecule has 198 valence electrons.